The van der Waals surface area contributed by atoms with E-state index in [1.54, 1.807) is 12.1 Å². The molecule has 66 valence electrons. The van der Waals surface area contributed by atoms with Gasteiger partial charge in [0.15, 0.2) is 0 Å². The van der Waals surface area contributed by atoms with Crippen LogP contribution in [0, 0.1) is 11.3 Å². The molecule has 3 N–H and O–H groups in total. The predicted octanol–water partition coefficient (Wildman–Crippen LogP) is 0.908. The molecule has 1 unspecified atom stereocenters. The average Bonchev–Trinajstić information content (AvgIpc) is 2.17. The molecule has 1 aromatic rings. The molecule has 0 bridgehead atoms. The number of aromatic carboxylic acids is 1. The van der Waals surface area contributed by atoms with Gasteiger partial charge in [-0.15, -0.1) is 0 Å². The molecule has 1 rings (SSSR count). The second-order valence-electron chi connectivity index (χ2n) is 2.54. The fourth-order valence-corrected chi connectivity index (χ4v) is 0.940. The van der Waals surface area contributed by atoms with Crippen LogP contribution in [0.25, 0.3) is 0 Å². The van der Waals surface area contributed by atoms with Crippen LogP contribution < -0.4 is 5.73 Å². The summed E-state index contributed by atoms with van der Waals surface area (Å²) >= 11 is 0. The van der Waals surface area contributed by atoms with E-state index in [4.69, 9.17) is 16.1 Å². The zero-order valence-corrected chi connectivity index (χ0v) is 6.77. The molecule has 4 heteroatoms. The lowest BCUT2D eigenvalue weighted by Crippen LogP contribution is -2.08. The van der Waals surface area contributed by atoms with Gasteiger partial charge in [0, 0.05) is 0 Å². The second-order valence-corrected chi connectivity index (χ2v) is 2.54. The summed E-state index contributed by atoms with van der Waals surface area (Å²) in [5.41, 5.74) is 6.07. The van der Waals surface area contributed by atoms with E-state index in [0.29, 0.717) is 5.56 Å². The molecule has 0 aliphatic carbocycles. The summed E-state index contributed by atoms with van der Waals surface area (Å²) in [6.07, 6.45) is 0. The number of hydrogen-bond donors (Lipinski definition) is 2. The van der Waals surface area contributed by atoms with Crippen molar-refractivity contribution in [3.8, 4) is 6.07 Å². The molecule has 0 aromatic heterocycles. The van der Waals surface area contributed by atoms with Crippen molar-refractivity contribution in [1.82, 2.24) is 0 Å². The number of benzene rings is 1. The van der Waals surface area contributed by atoms with Crippen LogP contribution >= 0.6 is 0 Å². The highest BCUT2D eigenvalue weighted by atomic mass is 16.4. The molecule has 0 spiro atoms. The minimum Gasteiger partial charge on any atom is -0.478 e. The zero-order valence-electron chi connectivity index (χ0n) is 6.77. The molecule has 0 fully saturated rings. The third-order valence-corrected chi connectivity index (χ3v) is 1.63. The molecule has 1 aromatic carbocycles. The molecule has 4 nitrogen and oxygen atoms in total. The molecular weight excluding hydrogens is 168 g/mol. The Morgan fingerprint density at radius 3 is 2.85 bits per heavy atom. The minimum absolute atomic E-state index is 0.142. The number of carbonyl (C=O) groups is 1. The molecular formula is C9H8N2O2. The van der Waals surface area contributed by atoms with Crippen molar-refractivity contribution in [3.05, 3.63) is 35.4 Å². The first-order valence-corrected chi connectivity index (χ1v) is 3.63. The van der Waals surface area contributed by atoms with Crippen LogP contribution in [-0.2, 0) is 0 Å². The Balaban J connectivity index is 3.07. The highest BCUT2D eigenvalue weighted by molar-refractivity contribution is 5.87. The van der Waals surface area contributed by atoms with Crippen molar-refractivity contribution in [2.75, 3.05) is 0 Å². The molecule has 0 radical (unpaired) electrons. The third kappa shape index (κ3) is 2.04. The van der Waals surface area contributed by atoms with Crippen molar-refractivity contribution >= 4 is 5.97 Å². The Kier molecular flexibility index (Phi) is 2.62. The number of rotatable bonds is 2. The van der Waals surface area contributed by atoms with Gasteiger partial charge >= 0.3 is 5.97 Å². The summed E-state index contributed by atoms with van der Waals surface area (Å²) in [5, 5.41) is 17.1. The van der Waals surface area contributed by atoms with Crippen molar-refractivity contribution in [1.29, 1.82) is 5.26 Å². The Morgan fingerprint density at radius 2 is 2.31 bits per heavy atom. The summed E-state index contributed by atoms with van der Waals surface area (Å²) in [4.78, 5) is 10.5. The summed E-state index contributed by atoms with van der Waals surface area (Å²) in [7, 11) is 0. The molecule has 0 amide bonds. The van der Waals surface area contributed by atoms with Gasteiger partial charge in [-0.25, -0.2) is 4.79 Å². The molecule has 0 heterocycles. The van der Waals surface area contributed by atoms with Crippen LogP contribution in [-0.4, -0.2) is 11.1 Å². The third-order valence-electron chi connectivity index (χ3n) is 1.63. The number of hydrogen-bond acceptors (Lipinski definition) is 3. The normalized spacial score (nSPS) is 11.7. The lowest BCUT2D eigenvalue weighted by Gasteiger charge is -2.02. The molecule has 0 saturated heterocycles. The number of carboxylic acid groups (broad SMARTS) is 1. The first kappa shape index (κ1) is 9.23. The van der Waals surface area contributed by atoms with E-state index in [9.17, 15) is 4.79 Å². The quantitative estimate of drug-likeness (QED) is 0.701. The van der Waals surface area contributed by atoms with Crippen LogP contribution in [0.4, 0.5) is 0 Å². The SMILES string of the molecule is N#CC(N)c1cccc(C(=O)O)c1. The van der Waals surface area contributed by atoms with E-state index >= 15 is 0 Å². The highest BCUT2D eigenvalue weighted by Gasteiger charge is 2.07. The molecule has 13 heavy (non-hydrogen) atoms. The van der Waals surface area contributed by atoms with E-state index in [-0.39, 0.29) is 5.56 Å². The maximum atomic E-state index is 10.5. The van der Waals surface area contributed by atoms with Crippen molar-refractivity contribution < 1.29 is 9.90 Å². The van der Waals surface area contributed by atoms with Gasteiger partial charge in [0.2, 0.25) is 0 Å². The smallest absolute Gasteiger partial charge is 0.335 e. The van der Waals surface area contributed by atoms with Gasteiger partial charge in [0.1, 0.15) is 6.04 Å². The van der Waals surface area contributed by atoms with Crippen LogP contribution in [0.5, 0.6) is 0 Å². The van der Waals surface area contributed by atoms with Gasteiger partial charge in [0.05, 0.1) is 11.6 Å². The lowest BCUT2D eigenvalue weighted by atomic mass is 10.1. The van der Waals surface area contributed by atoms with Gasteiger partial charge in [-0.3, -0.25) is 0 Å². The Bertz CT molecular complexity index is 368. The van der Waals surface area contributed by atoms with Crippen LogP contribution in [0.2, 0.25) is 0 Å². The van der Waals surface area contributed by atoms with Crippen LogP contribution in [0.3, 0.4) is 0 Å². The van der Waals surface area contributed by atoms with E-state index in [0.717, 1.165) is 0 Å². The Morgan fingerprint density at radius 1 is 1.62 bits per heavy atom. The van der Waals surface area contributed by atoms with Gasteiger partial charge in [-0.05, 0) is 17.7 Å². The summed E-state index contributed by atoms with van der Waals surface area (Å²) < 4.78 is 0. The largest absolute Gasteiger partial charge is 0.478 e. The number of nitrogens with zero attached hydrogens (tertiary/aromatic N) is 1. The highest BCUT2D eigenvalue weighted by Crippen LogP contribution is 2.11. The van der Waals surface area contributed by atoms with Crippen LogP contribution in [0.1, 0.15) is 22.0 Å². The number of carboxylic acids is 1. The fraction of sp³-hybridized carbons (Fsp3) is 0.111. The number of nitriles is 1. The Hall–Kier alpha value is -1.86. The summed E-state index contributed by atoms with van der Waals surface area (Å²) in [5.74, 6) is -1.02. The number of nitrogens with two attached hydrogens (primary N) is 1. The van der Waals surface area contributed by atoms with Crippen LogP contribution in [0.15, 0.2) is 24.3 Å². The first-order valence-electron chi connectivity index (χ1n) is 3.63. The van der Waals surface area contributed by atoms with E-state index in [2.05, 4.69) is 0 Å². The predicted molar refractivity (Wildman–Crippen MR) is 45.9 cm³/mol. The monoisotopic (exact) mass is 176 g/mol. The minimum atomic E-state index is -1.02. The zero-order chi connectivity index (χ0) is 9.84. The van der Waals surface area contributed by atoms with E-state index in [1.807, 2.05) is 6.07 Å². The molecule has 0 saturated carbocycles. The van der Waals surface area contributed by atoms with E-state index < -0.39 is 12.0 Å². The first-order chi connectivity index (χ1) is 6.15. The van der Waals surface area contributed by atoms with Gasteiger partial charge in [-0.2, -0.15) is 5.26 Å². The summed E-state index contributed by atoms with van der Waals surface area (Å²) in [6, 6.07) is 7.11. The topological polar surface area (TPSA) is 87.1 Å². The van der Waals surface area contributed by atoms with Crippen molar-refractivity contribution in [2.24, 2.45) is 5.73 Å². The van der Waals surface area contributed by atoms with Gasteiger partial charge < -0.3 is 10.8 Å². The maximum absolute atomic E-state index is 10.5. The fourth-order valence-electron chi connectivity index (χ4n) is 0.940. The van der Waals surface area contributed by atoms with Crippen molar-refractivity contribution in [2.45, 2.75) is 6.04 Å². The van der Waals surface area contributed by atoms with Crippen molar-refractivity contribution in [3.63, 3.8) is 0 Å². The van der Waals surface area contributed by atoms with E-state index in [1.165, 1.54) is 12.1 Å². The second kappa shape index (κ2) is 3.70. The average molecular weight is 176 g/mol. The Labute approximate surface area is 75.2 Å². The van der Waals surface area contributed by atoms with Gasteiger partial charge in [0.25, 0.3) is 0 Å². The maximum Gasteiger partial charge on any atom is 0.335 e. The molecule has 1 atom stereocenters. The molecule has 0 aliphatic rings. The standard InChI is InChI=1S/C9H8N2O2/c10-5-8(11)6-2-1-3-7(4-6)9(12)13/h1-4,8H,11H2,(H,12,13). The summed E-state index contributed by atoms with van der Waals surface area (Å²) in [6.45, 7) is 0. The molecule has 0 aliphatic heterocycles. The lowest BCUT2D eigenvalue weighted by molar-refractivity contribution is 0.0697. The van der Waals surface area contributed by atoms with Gasteiger partial charge in [-0.1, -0.05) is 12.1 Å².